The molecule has 2 aromatic rings. The van der Waals surface area contributed by atoms with E-state index in [0.29, 0.717) is 6.61 Å². The molecule has 1 fully saturated rings. The molecule has 0 bridgehead atoms. The molecule has 1 amide bonds. The Kier molecular flexibility index (Phi) is 3.45. The van der Waals surface area contributed by atoms with E-state index in [1.807, 2.05) is 12.3 Å². The zero-order valence-corrected chi connectivity index (χ0v) is 11.7. The molecule has 2 N–H and O–H groups in total. The highest BCUT2D eigenvalue weighted by Crippen LogP contribution is 2.37. The highest BCUT2D eigenvalue weighted by molar-refractivity contribution is 5.85. The predicted molar refractivity (Wildman–Crippen MR) is 76.6 cm³/mol. The fourth-order valence-electron chi connectivity index (χ4n) is 2.47. The van der Waals surface area contributed by atoms with E-state index in [2.05, 4.69) is 42.3 Å². The van der Waals surface area contributed by atoms with Gasteiger partial charge in [0.1, 0.15) is 6.61 Å². The summed E-state index contributed by atoms with van der Waals surface area (Å²) in [5.74, 6) is 0. The number of nitrogens with one attached hydrogen (secondary N) is 2. The number of carbonyl (C=O) groups is 1. The van der Waals surface area contributed by atoms with Crippen molar-refractivity contribution in [2.75, 3.05) is 6.61 Å². The SMILES string of the molecule is CC1(C)COC(=O)N[C@H]1c1ccc2cc[nH]c2c1.Cl. The number of fused-ring (bicyclic) bond motifs is 1. The average Bonchev–Trinajstić information content (AvgIpc) is 2.79. The highest BCUT2D eigenvalue weighted by atomic mass is 35.5. The molecule has 5 heteroatoms. The number of rotatable bonds is 1. The van der Waals surface area contributed by atoms with Gasteiger partial charge in [-0.05, 0) is 23.1 Å². The van der Waals surface area contributed by atoms with Crippen LogP contribution < -0.4 is 5.32 Å². The predicted octanol–water partition coefficient (Wildman–Crippen LogP) is 3.40. The highest BCUT2D eigenvalue weighted by Gasteiger charge is 2.37. The van der Waals surface area contributed by atoms with Gasteiger partial charge in [0.2, 0.25) is 0 Å². The van der Waals surface area contributed by atoms with Crippen molar-refractivity contribution >= 4 is 29.4 Å². The van der Waals surface area contributed by atoms with Crippen molar-refractivity contribution in [3.8, 4) is 0 Å². The summed E-state index contributed by atoms with van der Waals surface area (Å²) in [7, 11) is 0. The van der Waals surface area contributed by atoms with Gasteiger partial charge in [-0.3, -0.25) is 0 Å². The number of ether oxygens (including phenoxy) is 1. The maximum absolute atomic E-state index is 11.4. The first kappa shape index (κ1) is 13.7. The van der Waals surface area contributed by atoms with Crippen LogP contribution in [0.25, 0.3) is 10.9 Å². The van der Waals surface area contributed by atoms with Crippen molar-refractivity contribution in [3.63, 3.8) is 0 Å². The van der Waals surface area contributed by atoms with E-state index in [9.17, 15) is 4.79 Å². The monoisotopic (exact) mass is 280 g/mol. The Labute approximate surface area is 117 Å². The van der Waals surface area contributed by atoms with Crippen molar-refractivity contribution in [1.29, 1.82) is 0 Å². The Morgan fingerprint density at radius 1 is 1.32 bits per heavy atom. The number of aromatic amines is 1. The quantitative estimate of drug-likeness (QED) is 0.841. The first-order valence-electron chi connectivity index (χ1n) is 6.07. The molecule has 1 aliphatic rings. The number of carbonyl (C=O) groups excluding carboxylic acids is 1. The van der Waals surface area contributed by atoms with Crippen LogP contribution in [0.3, 0.4) is 0 Å². The lowest BCUT2D eigenvalue weighted by molar-refractivity contribution is 0.0388. The largest absolute Gasteiger partial charge is 0.449 e. The number of alkyl carbamates (subject to hydrolysis) is 1. The molecule has 4 nitrogen and oxygen atoms in total. The van der Waals surface area contributed by atoms with Gasteiger partial charge >= 0.3 is 6.09 Å². The minimum Gasteiger partial charge on any atom is -0.449 e. The summed E-state index contributed by atoms with van der Waals surface area (Å²) in [5.41, 5.74) is 2.07. The lowest BCUT2D eigenvalue weighted by atomic mass is 9.80. The molecule has 3 rings (SSSR count). The van der Waals surface area contributed by atoms with E-state index in [0.717, 1.165) is 11.1 Å². The van der Waals surface area contributed by atoms with Crippen molar-refractivity contribution in [3.05, 3.63) is 36.0 Å². The van der Waals surface area contributed by atoms with E-state index in [-0.39, 0.29) is 30.0 Å². The smallest absolute Gasteiger partial charge is 0.407 e. The summed E-state index contributed by atoms with van der Waals surface area (Å²) in [4.78, 5) is 14.6. The third kappa shape index (κ3) is 2.40. The van der Waals surface area contributed by atoms with Crippen molar-refractivity contribution in [2.24, 2.45) is 5.41 Å². The molecule has 0 saturated carbocycles. The maximum atomic E-state index is 11.4. The van der Waals surface area contributed by atoms with Crippen molar-refractivity contribution < 1.29 is 9.53 Å². The third-order valence-corrected chi connectivity index (χ3v) is 3.53. The molecule has 1 atom stereocenters. The number of benzene rings is 1. The topological polar surface area (TPSA) is 54.1 Å². The third-order valence-electron chi connectivity index (χ3n) is 3.53. The van der Waals surface area contributed by atoms with Gasteiger partial charge in [0.25, 0.3) is 0 Å². The standard InChI is InChI=1S/C14H16N2O2.ClH/c1-14(2)8-18-13(17)16-12(14)10-4-3-9-5-6-15-11(9)7-10;/h3-7,12,15H,8H2,1-2H3,(H,16,17);1H/t12-;/m0./s1. The van der Waals surface area contributed by atoms with Crippen molar-refractivity contribution in [1.82, 2.24) is 10.3 Å². The van der Waals surface area contributed by atoms with Crippen LogP contribution in [0.5, 0.6) is 0 Å². The minimum atomic E-state index is -0.342. The van der Waals surface area contributed by atoms with Gasteiger partial charge in [-0.1, -0.05) is 26.0 Å². The van der Waals surface area contributed by atoms with E-state index in [4.69, 9.17) is 4.74 Å². The number of hydrogen-bond donors (Lipinski definition) is 2. The second kappa shape index (κ2) is 4.78. The zero-order chi connectivity index (χ0) is 12.8. The van der Waals surface area contributed by atoms with Gasteiger partial charge in [-0.25, -0.2) is 4.79 Å². The Balaban J connectivity index is 0.00000133. The van der Waals surface area contributed by atoms with Crippen LogP contribution in [0.15, 0.2) is 30.5 Å². The lowest BCUT2D eigenvalue weighted by Gasteiger charge is -2.38. The fraction of sp³-hybridized carbons (Fsp3) is 0.357. The second-order valence-electron chi connectivity index (χ2n) is 5.47. The van der Waals surface area contributed by atoms with Gasteiger partial charge in [-0.2, -0.15) is 0 Å². The summed E-state index contributed by atoms with van der Waals surface area (Å²) in [5, 5.41) is 4.08. The molecular formula is C14H17ClN2O2. The molecule has 1 aromatic carbocycles. The molecule has 2 heterocycles. The van der Waals surface area contributed by atoms with Crippen LogP contribution in [0.2, 0.25) is 0 Å². The molecule has 1 saturated heterocycles. The Bertz CT molecular complexity index is 606. The summed E-state index contributed by atoms with van der Waals surface area (Å²) >= 11 is 0. The van der Waals surface area contributed by atoms with Crippen LogP contribution in [0.1, 0.15) is 25.5 Å². The lowest BCUT2D eigenvalue weighted by Crippen LogP contribution is -2.46. The van der Waals surface area contributed by atoms with E-state index in [1.54, 1.807) is 0 Å². The number of amides is 1. The molecule has 0 aliphatic carbocycles. The van der Waals surface area contributed by atoms with Crippen LogP contribution in [0.4, 0.5) is 4.79 Å². The molecule has 102 valence electrons. The number of hydrogen-bond acceptors (Lipinski definition) is 2. The van der Waals surface area contributed by atoms with Crippen molar-refractivity contribution in [2.45, 2.75) is 19.9 Å². The average molecular weight is 281 g/mol. The van der Waals surface area contributed by atoms with Gasteiger partial charge in [0.15, 0.2) is 0 Å². The van der Waals surface area contributed by atoms with E-state index >= 15 is 0 Å². The number of cyclic esters (lactones) is 1. The van der Waals surface area contributed by atoms with E-state index in [1.165, 1.54) is 5.39 Å². The van der Waals surface area contributed by atoms with Gasteiger partial charge in [0.05, 0.1) is 6.04 Å². The second-order valence-corrected chi connectivity index (χ2v) is 5.47. The van der Waals surface area contributed by atoms with E-state index < -0.39 is 0 Å². The molecule has 19 heavy (non-hydrogen) atoms. The Morgan fingerprint density at radius 3 is 2.89 bits per heavy atom. The molecule has 0 unspecified atom stereocenters. The maximum Gasteiger partial charge on any atom is 0.407 e. The van der Waals surface area contributed by atoms with Gasteiger partial charge in [-0.15, -0.1) is 12.4 Å². The Morgan fingerprint density at radius 2 is 2.11 bits per heavy atom. The number of halogens is 1. The first-order valence-corrected chi connectivity index (χ1v) is 6.07. The zero-order valence-electron chi connectivity index (χ0n) is 10.9. The van der Waals surface area contributed by atoms with Crippen LogP contribution in [0, 0.1) is 5.41 Å². The van der Waals surface area contributed by atoms with Gasteiger partial charge < -0.3 is 15.0 Å². The molecule has 0 spiro atoms. The summed E-state index contributed by atoms with van der Waals surface area (Å²) in [6.45, 7) is 4.62. The summed E-state index contributed by atoms with van der Waals surface area (Å²) in [6, 6.07) is 8.24. The minimum absolute atomic E-state index is 0. The first-order chi connectivity index (χ1) is 8.56. The Hall–Kier alpha value is -1.68. The van der Waals surface area contributed by atoms with Gasteiger partial charge in [0, 0.05) is 17.1 Å². The normalized spacial score (nSPS) is 21.4. The number of aromatic nitrogens is 1. The molecular weight excluding hydrogens is 264 g/mol. The summed E-state index contributed by atoms with van der Waals surface area (Å²) in [6.07, 6.45) is 1.58. The van der Waals surface area contributed by atoms with Crippen LogP contribution in [-0.4, -0.2) is 17.7 Å². The van der Waals surface area contributed by atoms with Crippen LogP contribution >= 0.6 is 12.4 Å². The molecule has 1 aromatic heterocycles. The molecule has 1 aliphatic heterocycles. The van der Waals surface area contributed by atoms with Crippen LogP contribution in [-0.2, 0) is 4.74 Å². The number of H-pyrrole nitrogens is 1. The summed E-state index contributed by atoms with van der Waals surface area (Å²) < 4.78 is 5.06. The molecule has 0 radical (unpaired) electrons. The fourth-order valence-corrected chi connectivity index (χ4v) is 2.47.